The van der Waals surface area contributed by atoms with Gasteiger partial charge in [-0.15, -0.1) is 0 Å². The summed E-state index contributed by atoms with van der Waals surface area (Å²) in [5, 5.41) is 0.870. The van der Waals surface area contributed by atoms with E-state index in [1.807, 2.05) is 12.1 Å². The fourth-order valence-corrected chi connectivity index (χ4v) is 2.41. The molecule has 0 spiro atoms. The minimum atomic E-state index is -0.320. The molecule has 0 unspecified atom stereocenters. The van der Waals surface area contributed by atoms with E-state index in [2.05, 4.69) is 16.8 Å². The number of benzene rings is 1. The molecule has 5 heteroatoms. The fourth-order valence-electron chi connectivity index (χ4n) is 2.11. The lowest BCUT2D eigenvalue weighted by atomic mass is 10.1. The third-order valence-electron chi connectivity index (χ3n) is 3.27. The van der Waals surface area contributed by atoms with Gasteiger partial charge < -0.3 is 14.2 Å². The molecule has 0 atom stereocenters. The highest BCUT2D eigenvalue weighted by Crippen LogP contribution is 2.29. The molecular weight excluding hydrogens is 296 g/mol. The first-order valence-corrected chi connectivity index (χ1v) is 7.79. The van der Waals surface area contributed by atoms with Gasteiger partial charge in [-0.1, -0.05) is 18.7 Å². The molecule has 1 aromatic rings. The molecule has 0 amide bonds. The van der Waals surface area contributed by atoms with Crippen molar-refractivity contribution in [3.63, 3.8) is 0 Å². The van der Waals surface area contributed by atoms with Crippen molar-refractivity contribution in [1.82, 2.24) is 0 Å². The van der Waals surface area contributed by atoms with Crippen LogP contribution in [0, 0.1) is 0 Å². The Morgan fingerprint density at radius 2 is 1.82 bits per heavy atom. The lowest BCUT2D eigenvalue weighted by Gasteiger charge is -2.15. The van der Waals surface area contributed by atoms with Crippen molar-refractivity contribution in [1.29, 1.82) is 0 Å². The number of aryl methyl sites for hydroxylation is 1. The number of rotatable bonds is 9. The van der Waals surface area contributed by atoms with Crippen LogP contribution in [0.15, 0.2) is 24.3 Å². The van der Waals surface area contributed by atoms with E-state index in [9.17, 15) is 4.79 Å². The second-order valence-electron chi connectivity index (χ2n) is 5.07. The average molecular weight is 319 g/mol. The molecule has 0 aromatic heterocycles. The molecule has 0 bridgehead atoms. The monoisotopic (exact) mass is 319 g/mol. The predicted octanol–water partition coefficient (Wildman–Crippen LogP) is 2.33. The summed E-state index contributed by atoms with van der Waals surface area (Å²) in [5.74, 6) is 1.16. The third kappa shape index (κ3) is 5.22. The molecule has 0 saturated heterocycles. The number of carbonyl (C=O) groups is 1. The van der Waals surface area contributed by atoms with Crippen molar-refractivity contribution in [2.24, 2.45) is 0 Å². The van der Waals surface area contributed by atoms with Gasteiger partial charge in [0.15, 0.2) is 11.5 Å². The van der Waals surface area contributed by atoms with E-state index < -0.39 is 0 Å². The van der Waals surface area contributed by atoms with Crippen molar-refractivity contribution >= 4 is 21.4 Å². The first kappa shape index (κ1) is 18.3. The summed E-state index contributed by atoms with van der Waals surface area (Å²) in [6.07, 6.45) is 3.70. The second-order valence-corrected chi connectivity index (χ2v) is 5.60. The van der Waals surface area contributed by atoms with Crippen LogP contribution in [0.2, 0.25) is 0 Å². The minimum absolute atomic E-state index is 0.320. The lowest BCUT2D eigenvalue weighted by molar-refractivity contribution is -0.139. The van der Waals surface area contributed by atoms with Crippen molar-refractivity contribution in [3.05, 3.63) is 29.8 Å². The summed E-state index contributed by atoms with van der Waals surface area (Å²) in [5.41, 5.74) is 1.55. The number of methoxy groups -OCH3 is 2. The van der Waals surface area contributed by atoms with E-state index in [4.69, 9.17) is 14.2 Å². The minimum Gasteiger partial charge on any atom is -0.493 e. The molecule has 4 nitrogen and oxygen atoms in total. The third-order valence-corrected chi connectivity index (χ3v) is 3.67. The number of unbranched alkanes of at least 4 members (excludes halogenated alkanes) is 2. The highest BCUT2D eigenvalue weighted by molar-refractivity contribution is 6.34. The first-order chi connectivity index (χ1) is 10.5. The lowest BCUT2D eigenvalue weighted by Crippen LogP contribution is -2.10. The zero-order chi connectivity index (χ0) is 16.5. The molecule has 0 heterocycles. The quantitative estimate of drug-likeness (QED) is 0.303. The Morgan fingerprint density at radius 1 is 1.14 bits per heavy atom. The summed E-state index contributed by atoms with van der Waals surface area (Å²) in [4.78, 5) is 11.2. The van der Waals surface area contributed by atoms with Crippen LogP contribution in [0.25, 0.3) is 0 Å². The molecular formula is C17H23O4Si. The Labute approximate surface area is 135 Å². The van der Waals surface area contributed by atoms with Gasteiger partial charge in [0.2, 0.25) is 0 Å². The summed E-state index contributed by atoms with van der Waals surface area (Å²) in [6.45, 7) is 5.63. The zero-order valence-electron chi connectivity index (χ0n) is 13.5. The first-order valence-electron chi connectivity index (χ1n) is 7.29. The molecule has 0 fully saturated rings. The Balaban J connectivity index is 2.42. The maximum Gasteiger partial charge on any atom is 0.333 e. The van der Waals surface area contributed by atoms with E-state index in [1.165, 1.54) is 0 Å². The normalized spacial score (nSPS) is 10.2. The van der Waals surface area contributed by atoms with E-state index in [0.29, 0.717) is 17.9 Å². The van der Waals surface area contributed by atoms with Gasteiger partial charge in [-0.25, -0.2) is 4.79 Å². The van der Waals surface area contributed by atoms with Gasteiger partial charge in [0.25, 0.3) is 0 Å². The Bertz CT molecular complexity index is 526. The molecule has 0 aliphatic carbocycles. The van der Waals surface area contributed by atoms with Crippen molar-refractivity contribution in [2.45, 2.75) is 32.6 Å². The van der Waals surface area contributed by atoms with Gasteiger partial charge in [0.1, 0.15) is 0 Å². The van der Waals surface area contributed by atoms with Crippen molar-refractivity contribution in [2.75, 3.05) is 20.8 Å². The molecule has 0 N–H and O–H groups in total. The highest BCUT2D eigenvalue weighted by atomic mass is 28.1. The predicted molar refractivity (Wildman–Crippen MR) is 88.3 cm³/mol. The van der Waals surface area contributed by atoms with Gasteiger partial charge in [-0.3, -0.25) is 0 Å². The highest BCUT2D eigenvalue weighted by Gasteiger charge is 2.12. The van der Waals surface area contributed by atoms with Gasteiger partial charge in [0.05, 0.1) is 31.1 Å². The summed E-state index contributed by atoms with van der Waals surface area (Å²) in [7, 11) is 6.77. The Morgan fingerprint density at radius 3 is 2.41 bits per heavy atom. The maximum absolute atomic E-state index is 11.2. The molecule has 3 radical (unpaired) electrons. The molecule has 22 heavy (non-hydrogen) atoms. The Hall–Kier alpha value is -1.75. The van der Waals surface area contributed by atoms with E-state index in [1.54, 1.807) is 21.1 Å². The molecule has 1 aromatic carbocycles. The fraction of sp³-hybridized carbons (Fsp3) is 0.471. The standard InChI is InChI=1S/C17H23O4Si/c1-12(2)17(18)21-11-7-5-6-8-13-9-10-14(22)16(20-4)15(13)19-3/h9-10H,1,5-8,11H2,2-4H3. The van der Waals surface area contributed by atoms with Crippen LogP contribution in [0.3, 0.4) is 0 Å². The van der Waals surface area contributed by atoms with Gasteiger partial charge in [-0.2, -0.15) is 0 Å². The van der Waals surface area contributed by atoms with E-state index in [-0.39, 0.29) is 5.97 Å². The van der Waals surface area contributed by atoms with Crippen LogP contribution in [0.4, 0.5) is 0 Å². The van der Waals surface area contributed by atoms with Crippen LogP contribution >= 0.6 is 0 Å². The number of carbonyl (C=O) groups excluding carboxylic acids is 1. The number of esters is 1. The van der Waals surface area contributed by atoms with Crippen LogP contribution in [0.1, 0.15) is 31.7 Å². The maximum atomic E-state index is 11.2. The van der Waals surface area contributed by atoms with Crippen LogP contribution in [0.5, 0.6) is 11.5 Å². The van der Waals surface area contributed by atoms with Gasteiger partial charge in [-0.05, 0) is 43.4 Å². The summed E-state index contributed by atoms with van der Waals surface area (Å²) < 4.78 is 15.9. The van der Waals surface area contributed by atoms with Gasteiger partial charge >= 0.3 is 5.97 Å². The SMILES string of the molecule is C=C(C)C(=O)OCCCCCc1ccc([Si])c(OC)c1OC. The zero-order valence-corrected chi connectivity index (χ0v) is 14.5. The van der Waals surface area contributed by atoms with E-state index in [0.717, 1.165) is 42.2 Å². The molecule has 0 aliphatic heterocycles. The van der Waals surface area contributed by atoms with Crippen molar-refractivity contribution in [3.8, 4) is 11.5 Å². The number of ether oxygens (including phenoxy) is 3. The second kappa shape index (κ2) is 9.30. The van der Waals surface area contributed by atoms with Crippen molar-refractivity contribution < 1.29 is 19.0 Å². The topological polar surface area (TPSA) is 44.8 Å². The number of hydrogen-bond acceptors (Lipinski definition) is 4. The summed E-state index contributed by atoms with van der Waals surface area (Å²) in [6, 6.07) is 3.99. The molecule has 119 valence electrons. The largest absolute Gasteiger partial charge is 0.493 e. The number of hydrogen-bond donors (Lipinski definition) is 0. The van der Waals surface area contributed by atoms with Crippen LogP contribution in [-0.4, -0.2) is 37.0 Å². The molecule has 0 aliphatic rings. The van der Waals surface area contributed by atoms with E-state index >= 15 is 0 Å². The molecule has 1 rings (SSSR count). The smallest absolute Gasteiger partial charge is 0.333 e. The van der Waals surface area contributed by atoms with Crippen LogP contribution < -0.4 is 14.7 Å². The summed E-state index contributed by atoms with van der Waals surface area (Å²) >= 11 is 0. The molecule has 0 saturated carbocycles. The Kier molecular flexibility index (Phi) is 7.74. The average Bonchev–Trinajstić information content (AvgIpc) is 2.50. The van der Waals surface area contributed by atoms with Crippen LogP contribution in [-0.2, 0) is 16.0 Å². The van der Waals surface area contributed by atoms with Gasteiger partial charge in [0, 0.05) is 5.57 Å².